The maximum absolute atomic E-state index is 12.9. The Bertz CT molecular complexity index is 267. The third kappa shape index (κ3) is 2.49. The summed E-state index contributed by atoms with van der Waals surface area (Å²) in [7, 11) is 0. The summed E-state index contributed by atoms with van der Waals surface area (Å²) in [5.41, 5.74) is -0.373. The second-order valence-corrected chi connectivity index (χ2v) is 3.52. The lowest BCUT2D eigenvalue weighted by molar-refractivity contribution is 0.124. The molecule has 0 atom stereocenters. The van der Waals surface area contributed by atoms with Crippen molar-refractivity contribution < 1.29 is 9.13 Å². The van der Waals surface area contributed by atoms with Crippen LogP contribution in [0.25, 0.3) is 0 Å². The molecular weight excluding hydrogens is 157 g/mol. The highest BCUT2D eigenvalue weighted by Crippen LogP contribution is 2.19. The molecule has 0 spiro atoms. The van der Waals surface area contributed by atoms with Gasteiger partial charge in [-0.1, -0.05) is 0 Å². The Hall–Kier alpha value is -1.12. The Morgan fingerprint density at radius 1 is 1.42 bits per heavy atom. The second kappa shape index (κ2) is 3.09. The summed E-state index contributed by atoms with van der Waals surface area (Å²) >= 11 is 0. The SMILES string of the molecule is CC(C)(C)Oc1ccncc1F. The van der Waals surface area contributed by atoms with Crippen molar-refractivity contribution in [3.8, 4) is 5.75 Å². The molecule has 12 heavy (non-hydrogen) atoms. The first-order chi connectivity index (χ1) is 5.49. The standard InChI is InChI=1S/C9H12FNO/c1-9(2,3)12-8-4-5-11-6-7(8)10/h4-6H,1-3H3. The molecule has 3 heteroatoms. The third-order valence-corrected chi connectivity index (χ3v) is 1.15. The maximum atomic E-state index is 12.9. The van der Waals surface area contributed by atoms with E-state index >= 15 is 0 Å². The number of ether oxygens (including phenoxy) is 1. The average molecular weight is 169 g/mol. The van der Waals surface area contributed by atoms with Gasteiger partial charge in [0.1, 0.15) is 5.60 Å². The largest absolute Gasteiger partial charge is 0.485 e. The van der Waals surface area contributed by atoms with Crippen molar-refractivity contribution in [2.24, 2.45) is 0 Å². The van der Waals surface area contributed by atoms with Crippen LogP contribution in [-0.2, 0) is 0 Å². The molecule has 0 N–H and O–H groups in total. The molecule has 0 radical (unpaired) electrons. The molecule has 1 rings (SSSR count). The Morgan fingerprint density at radius 3 is 2.58 bits per heavy atom. The number of pyridine rings is 1. The van der Waals surface area contributed by atoms with Crippen LogP contribution >= 0.6 is 0 Å². The van der Waals surface area contributed by atoms with Crippen LogP contribution in [0.4, 0.5) is 4.39 Å². The van der Waals surface area contributed by atoms with Gasteiger partial charge in [0.2, 0.25) is 0 Å². The molecule has 1 aromatic rings. The number of aromatic nitrogens is 1. The van der Waals surface area contributed by atoms with Crippen LogP contribution in [0.15, 0.2) is 18.5 Å². The second-order valence-electron chi connectivity index (χ2n) is 3.52. The molecule has 0 aliphatic carbocycles. The van der Waals surface area contributed by atoms with Gasteiger partial charge in [0.15, 0.2) is 11.6 Å². The van der Waals surface area contributed by atoms with Crippen LogP contribution < -0.4 is 4.74 Å². The quantitative estimate of drug-likeness (QED) is 0.644. The summed E-state index contributed by atoms with van der Waals surface area (Å²) < 4.78 is 18.2. The number of hydrogen-bond donors (Lipinski definition) is 0. The molecule has 0 aromatic carbocycles. The van der Waals surface area contributed by atoms with Crippen molar-refractivity contribution in [2.45, 2.75) is 26.4 Å². The minimum atomic E-state index is -0.424. The summed E-state index contributed by atoms with van der Waals surface area (Å²) in [6.45, 7) is 5.60. The smallest absolute Gasteiger partial charge is 0.183 e. The van der Waals surface area contributed by atoms with Gasteiger partial charge in [-0.3, -0.25) is 4.98 Å². The van der Waals surface area contributed by atoms with Crippen molar-refractivity contribution >= 4 is 0 Å². The molecule has 66 valence electrons. The number of rotatable bonds is 1. The third-order valence-electron chi connectivity index (χ3n) is 1.15. The van der Waals surface area contributed by atoms with Crippen molar-refractivity contribution in [1.29, 1.82) is 0 Å². The summed E-state index contributed by atoms with van der Waals surface area (Å²) in [4.78, 5) is 3.62. The summed E-state index contributed by atoms with van der Waals surface area (Å²) in [5.74, 6) is -0.176. The predicted molar refractivity (Wildman–Crippen MR) is 44.6 cm³/mol. The Kier molecular flexibility index (Phi) is 2.31. The van der Waals surface area contributed by atoms with E-state index < -0.39 is 5.82 Å². The Morgan fingerprint density at radius 2 is 2.08 bits per heavy atom. The summed E-state index contributed by atoms with van der Waals surface area (Å²) in [6.07, 6.45) is 2.64. The van der Waals surface area contributed by atoms with Gasteiger partial charge >= 0.3 is 0 Å². The number of hydrogen-bond acceptors (Lipinski definition) is 2. The molecule has 0 fully saturated rings. The van der Waals surface area contributed by atoms with Crippen LogP contribution in [0.3, 0.4) is 0 Å². The average Bonchev–Trinajstić information content (AvgIpc) is 1.91. The van der Waals surface area contributed by atoms with E-state index in [0.717, 1.165) is 6.20 Å². The first-order valence-electron chi connectivity index (χ1n) is 3.77. The first kappa shape index (κ1) is 8.97. The van der Waals surface area contributed by atoms with E-state index in [-0.39, 0.29) is 11.4 Å². The van der Waals surface area contributed by atoms with Gasteiger partial charge in [0, 0.05) is 12.3 Å². The van der Waals surface area contributed by atoms with Gasteiger partial charge in [-0.05, 0) is 20.8 Å². The molecule has 2 nitrogen and oxygen atoms in total. The van der Waals surface area contributed by atoms with Crippen LogP contribution in [-0.4, -0.2) is 10.6 Å². The van der Waals surface area contributed by atoms with Gasteiger partial charge < -0.3 is 4.74 Å². The van der Waals surface area contributed by atoms with Crippen molar-refractivity contribution in [3.63, 3.8) is 0 Å². The lowest BCUT2D eigenvalue weighted by atomic mass is 10.2. The van der Waals surface area contributed by atoms with Crippen LogP contribution in [0, 0.1) is 5.82 Å². The zero-order valence-electron chi connectivity index (χ0n) is 7.47. The summed E-state index contributed by atoms with van der Waals surface area (Å²) in [5, 5.41) is 0. The monoisotopic (exact) mass is 169 g/mol. The minimum Gasteiger partial charge on any atom is -0.485 e. The molecular formula is C9H12FNO. The van der Waals surface area contributed by atoms with E-state index in [1.807, 2.05) is 20.8 Å². The zero-order chi connectivity index (χ0) is 9.19. The lowest BCUT2D eigenvalue weighted by Gasteiger charge is -2.21. The molecule has 1 aromatic heterocycles. The van der Waals surface area contributed by atoms with E-state index in [1.165, 1.54) is 12.3 Å². The van der Waals surface area contributed by atoms with Crippen LogP contribution in [0.5, 0.6) is 5.75 Å². The predicted octanol–water partition coefficient (Wildman–Crippen LogP) is 2.40. The Balaban J connectivity index is 2.83. The highest BCUT2D eigenvalue weighted by atomic mass is 19.1. The topological polar surface area (TPSA) is 22.1 Å². The first-order valence-corrected chi connectivity index (χ1v) is 3.77. The lowest BCUT2D eigenvalue weighted by Crippen LogP contribution is -2.23. The number of nitrogens with zero attached hydrogens (tertiary/aromatic N) is 1. The molecule has 0 saturated carbocycles. The van der Waals surface area contributed by atoms with Gasteiger partial charge in [-0.15, -0.1) is 0 Å². The summed E-state index contributed by atoms with van der Waals surface area (Å²) in [6, 6.07) is 1.51. The highest BCUT2D eigenvalue weighted by Gasteiger charge is 2.14. The van der Waals surface area contributed by atoms with Gasteiger partial charge in [-0.2, -0.15) is 0 Å². The van der Waals surface area contributed by atoms with Gasteiger partial charge in [0.05, 0.1) is 6.20 Å². The maximum Gasteiger partial charge on any atom is 0.183 e. The van der Waals surface area contributed by atoms with E-state index in [2.05, 4.69) is 4.98 Å². The van der Waals surface area contributed by atoms with Gasteiger partial charge in [0.25, 0.3) is 0 Å². The molecule has 0 amide bonds. The molecule has 0 aliphatic rings. The van der Waals surface area contributed by atoms with E-state index in [9.17, 15) is 4.39 Å². The normalized spacial score (nSPS) is 11.3. The Labute approximate surface area is 71.4 Å². The van der Waals surface area contributed by atoms with E-state index in [1.54, 1.807) is 0 Å². The van der Waals surface area contributed by atoms with Crippen molar-refractivity contribution in [1.82, 2.24) is 4.98 Å². The molecule has 0 unspecified atom stereocenters. The fourth-order valence-electron chi connectivity index (χ4n) is 0.775. The van der Waals surface area contributed by atoms with Crippen molar-refractivity contribution in [3.05, 3.63) is 24.3 Å². The highest BCUT2D eigenvalue weighted by molar-refractivity contribution is 5.20. The van der Waals surface area contributed by atoms with E-state index in [0.29, 0.717) is 0 Å². The molecule has 0 bridgehead atoms. The van der Waals surface area contributed by atoms with Crippen molar-refractivity contribution in [2.75, 3.05) is 0 Å². The number of halogens is 1. The molecule has 0 aliphatic heterocycles. The zero-order valence-corrected chi connectivity index (χ0v) is 7.47. The van der Waals surface area contributed by atoms with Gasteiger partial charge in [-0.25, -0.2) is 4.39 Å². The fourth-order valence-corrected chi connectivity index (χ4v) is 0.775. The fraction of sp³-hybridized carbons (Fsp3) is 0.444. The van der Waals surface area contributed by atoms with Crippen LogP contribution in [0.2, 0.25) is 0 Å². The minimum absolute atomic E-state index is 0.248. The molecule has 1 heterocycles. The van der Waals surface area contributed by atoms with Crippen LogP contribution in [0.1, 0.15) is 20.8 Å². The van der Waals surface area contributed by atoms with E-state index in [4.69, 9.17) is 4.74 Å². The molecule has 0 saturated heterocycles.